The Hall–Kier alpha value is -0.870. The first-order chi connectivity index (χ1) is 8.18. The molecule has 17 heavy (non-hydrogen) atoms. The Bertz CT molecular complexity index is 353. The smallest absolute Gasteiger partial charge is 0.0951 e. The summed E-state index contributed by atoms with van der Waals surface area (Å²) >= 11 is 0. The van der Waals surface area contributed by atoms with E-state index in [1.54, 1.807) is 0 Å². The second kappa shape index (κ2) is 5.19. The normalized spacial score (nSPS) is 20.6. The van der Waals surface area contributed by atoms with Crippen LogP contribution in [0.15, 0.2) is 12.4 Å². The molecule has 0 atom stereocenters. The first-order valence-electron chi connectivity index (χ1n) is 6.65. The van der Waals surface area contributed by atoms with Gasteiger partial charge in [-0.3, -0.25) is 4.68 Å². The zero-order valence-corrected chi connectivity index (χ0v) is 10.9. The minimum Gasteiger partial charge on any atom is -0.385 e. The molecule has 4 heteroatoms. The van der Waals surface area contributed by atoms with E-state index in [0.717, 1.165) is 44.6 Å². The predicted octanol–water partition coefficient (Wildman–Crippen LogP) is 1.60. The summed E-state index contributed by atoms with van der Waals surface area (Å²) in [5, 5.41) is 14.9. The molecule has 1 aromatic rings. The first kappa shape index (κ1) is 12.6. The van der Waals surface area contributed by atoms with Gasteiger partial charge in [-0.15, -0.1) is 0 Å². The van der Waals surface area contributed by atoms with Gasteiger partial charge < -0.3 is 10.0 Å². The largest absolute Gasteiger partial charge is 0.385 e. The lowest BCUT2D eigenvalue weighted by Crippen LogP contribution is -2.42. The van der Waals surface area contributed by atoms with Crippen molar-refractivity contribution >= 4 is 0 Å². The SMILES string of the molecule is CCCN1CCC(O)(c2cnn(CC)c2)CC1. The molecule has 1 aromatic heterocycles. The molecule has 2 rings (SSSR count). The van der Waals surface area contributed by atoms with Gasteiger partial charge in [0, 0.05) is 31.4 Å². The van der Waals surface area contributed by atoms with E-state index in [1.807, 2.05) is 17.1 Å². The molecule has 0 aromatic carbocycles. The molecular formula is C13H23N3O. The molecule has 0 bridgehead atoms. The highest BCUT2D eigenvalue weighted by molar-refractivity contribution is 5.16. The molecule has 1 N–H and O–H groups in total. The fourth-order valence-electron chi connectivity index (χ4n) is 2.53. The van der Waals surface area contributed by atoms with Gasteiger partial charge in [0.1, 0.15) is 0 Å². The topological polar surface area (TPSA) is 41.3 Å². The maximum absolute atomic E-state index is 10.7. The third kappa shape index (κ3) is 2.69. The van der Waals surface area contributed by atoms with Gasteiger partial charge in [-0.2, -0.15) is 5.10 Å². The lowest BCUT2D eigenvalue weighted by molar-refractivity contribution is -0.0258. The quantitative estimate of drug-likeness (QED) is 0.864. The molecule has 0 aliphatic carbocycles. The maximum Gasteiger partial charge on any atom is 0.0951 e. The van der Waals surface area contributed by atoms with E-state index in [2.05, 4.69) is 23.8 Å². The van der Waals surface area contributed by atoms with E-state index in [4.69, 9.17) is 0 Å². The van der Waals surface area contributed by atoms with Crippen LogP contribution in [0.3, 0.4) is 0 Å². The standard InChI is InChI=1S/C13H23N3O/c1-3-7-15-8-5-13(17,6-9-15)12-10-14-16(4-2)11-12/h10-11,17H,3-9H2,1-2H3. The van der Waals surface area contributed by atoms with E-state index in [0.29, 0.717) is 0 Å². The molecule has 0 amide bonds. The van der Waals surface area contributed by atoms with Crippen LogP contribution in [0.1, 0.15) is 38.7 Å². The summed E-state index contributed by atoms with van der Waals surface area (Å²) in [7, 11) is 0. The number of aryl methyl sites for hydroxylation is 1. The number of aromatic nitrogens is 2. The molecule has 0 saturated carbocycles. The van der Waals surface area contributed by atoms with Crippen molar-refractivity contribution in [2.75, 3.05) is 19.6 Å². The van der Waals surface area contributed by atoms with Crippen molar-refractivity contribution in [3.63, 3.8) is 0 Å². The van der Waals surface area contributed by atoms with Crippen molar-refractivity contribution in [3.05, 3.63) is 18.0 Å². The average molecular weight is 237 g/mol. The van der Waals surface area contributed by atoms with Crippen molar-refractivity contribution in [2.24, 2.45) is 0 Å². The van der Waals surface area contributed by atoms with E-state index in [-0.39, 0.29) is 0 Å². The predicted molar refractivity (Wildman–Crippen MR) is 67.8 cm³/mol. The molecule has 1 fully saturated rings. The van der Waals surface area contributed by atoms with Crippen molar-refractivity contribution < 1.29 is 5.11 Å². The van der Waals surface area contributed by atoms with Crippen LogP contribution in [0.4, 0.5) is 0 Å². The van der Waals surface area contributed by atoms with Crippen LogP contribution in [0.5, 0.6) is 0 Å². The van der Waals surface area contributed by atoms with Crippen LogP contribution in [-0.2, 0) is 12.1 Å². The number of nitrogens with zero attached hydrogens (tertiary/aromatic N) is 3. The first-order valence-corrected chi connectivity index (χ1v) is 6.65. The van der Waals surface area contributed by atoms with Gasteiger partial charge in [-0.25, -0.2) is 0 Å². The molecular weight excluding hydrogens is 214 g/mol. The van der Waals surface area contributed by atoms with Crippen LogP contribution in [-0.4, -0.2) is 39.4 Å². The van der Waals surface area contributed by atoms with Crippen molar-refractivity contribution in [3.8, 4) is 0 Å². The van der Waals surface area contributed by atoms with Crippen molar-refractivity contribution in [2.45, 2.75) is 45.3 Å². The fourth-order valence-corrected chi connectivity index (χ4v) is 2.53. The molecule has 1 aliphatic heterocycles. The molecule has 2 heterocycles. The van der Waals surface area contributed by atoms with E-state index in [9.17, 15) is 5.11 Å². The van der Waals surface area contributed by atoms with Crippen LogP contribution in [0.2, 0.25) is 0 Å². The Morgan fingerprint density at radius 3 is 2.59 bits per heavy atom. The number of aliphatic hydroxyl groups is 1. The minimum atomic E-state index is -0.655. The average Bonchev–Trinajstić information content (AvgIpc) is 2.82. The summed E-state index contributed by atoms with van der Waals surface area (Å²) in [6.45, 7) is 8.24. The number of hydrogen-bond donors (Lipinski definition) is 1. The third-order valence-electron chi connectivity index (χ3n) is 3.72. The number of rotatable bonds is 4. The Labute approximate surface area is 103 Å². The second-order valence-electron chi connectivity index (χ2n) is 4.96. The highest BCUT2D eigenvalue weighted by Crippen LogP contribution is 2.32. The highest BCUT2D eigenvalue weighted by Gasteiger charge is 2.34. The van der Waals surface area contributed by atoms with Gasteiger partial charge in [0.15, 0.2) is 0 Å². The minimum absolute atomic E-state index is 0.655. The summed E-state index contributed by atoms with van der Waals surface area (Å²) in [6, 6.07) is 0. The Balaban J connectivity index is 2.01. The number of piperidine rings is 1. The molecule has 1 saturated heterocycles. The summed E-state index contributed by atoms with van der Waals surface area (Å²) in [4.78, 5) is 2.43. The van der Waals surface area contributed by atoms with Crippen LogP contribution in [0.25, 0.3) is 0 Å². The molecule has 4 nitrogen and oxygen atoms in total. The molecule has 0 unspecified atom stereocenters. The lowest BCUT2D eigenvalue weighted by Gasteiger charge is -2.37. The highest BCUT2D eigenvalue weighted by atomic mass is 16.3. The van der Waals surface area contributed by atoms with Crippen LogP contribution in [0, 0.1) is 0 Å². The van der Waals surface area contributed by atoms with Gasteiger partial charge in [0.05, 0.1) is 11.8 Å². The molecule has 96 valence electrons. The monoisotopic (exact) mass is 237 g/mol. The molecule has 0 spiro atoms. The lowest BCUT2D eigenvalue weighted by atomic mass is 9.86. The summed E-state index contributed by atoms with van der Waals surface area (Å²) in [6.07, 6.45) is 6.63. The van der Waals surface area contributed by atoms with Crippen molar-refractivity contribution in [1.29, 1.82) is 0 Å². The van der Waals surface area contributed by atoms with Gasteiger partial charge in [0.2, 0.25) is 0 Å². The zero-order chi connectivity index (χ0) is 12.3. The van der Waals surface area contributed by atoms with Gasteiger partial charge >= 0.3 is 0 Å². The second-order valence-corrected chi connectivity index (χ2v) is 4.96. The third-order valence-corrected chi connectivity index (χ3v) is 3.72. The summed E-state index contributed by atoms with van der Waals surface area (Å²) in [5.74, 6) is 0. The summed E-state index contributed by atoms with van der Waals surface area (Å²) in [5.41, 5.74) is 0.327. The van der Waals surface area contributed by atoms with E-state index in [1.165, 1.54) is 6.42 Å². The van der Waals surface area contributed by atoms with Crippen molar-refractivity contribution in [1.82, 2.24) is 14.7 Å². The van der Waals surface area contributed by atoms with E-state index < -0.39 is 5.60 Å². The van der Waals surface area contributed by atoms with Crippen LogP contribution >= 0.6 is 0 Å². The zero-order valence-electron chi connectivity index (χ0n) is 10.9. The molecule has 1 aliphatic rings. The van der Waals surface area contributed by atoms with Gasteiger partial charge in [-0.05, 0) is 32.7 Å². The Kier molecular flexibility index (Phi) is 3.84. The number of hydrogen-bond acceptors (Lipinski definition) is 3. The van der Waals surface area contributed by atoms with Crippen LogP contribution < -0.4 is 0 Å². The number of likely N-dealkylation sites (tertiary alicyclic amines) is 1. The fraction of sp³-hybridized carbons (Fsp3) is 0.769. The van der Waals surface area contributed by atoms with Gasteiger partial charge in [0.25, 0.3) is 0 Å². The maximum atomic E-state index is 10.7. The Morgan fingerprint density at radius 2 is 2.06 bits per heavy atom. The Morgan fingerprint density at radius 1 is 1.35 bits per heavy atom. The summed E-state index contributed by atoms with van der Waals surface area (Å²) < 4.78 is 1.88. The molecule has 0 radical (unpaired) electrons. The van der Waals surface area contributed by atoms with Gasteiger partial charge in [-0.1, -0.05) is 6.92 Å². The van der Waals surface area contributed by atoms with E-state index >= 15 is 0 Å².